The van der Waals surface area contributed by atoms with Crippen molar-refractivity contribution in [3.8, 4) is 0 Å². The highest BCUT2D eigenvalue weighted by molar-refractivity contribution is 5.82. The number of rotatable bonds is 0. The van der Waals surface area contributed by atoms with E-state index in [1.807, 2.05) is 0 Å². The van der Waals surface area contributed by atoms with E-state index in [1.165, 1.54) is 44.9 Å². The van der Waals surface area contributed by atoms with Crippen LogP contribution < -0.4 is 0 Å². The Hall–Kier alpha value is -0.590. The third-order valence-corrected chi connectivity index (χ3v) is 7.62. The van der Waals surface area contributed by atoms with Gasteiger partial charge >= 0.3 is 0 Å². The first kappa shape index (κ1) is 12.2. The first-order valence-electron chi connectivity index (χ1n) is 8.26. The zero-order valence-corrected chi connectivity index (χ0v) is 12.4. The SMILES string of the molecule is CC1=CCC[C@@]2(C)[C@H]1CC[C@H]1C[C@H]3C[C@]12CCC3=O. The van der Waals surface area contributed by atoms with E-state index < -0.39 is 0 Å². The molecule has 0 aliphatic heterocycles. The van der Waals surface area contributed by atoms with Gasteiger partial charge in [-0.2, -0.15) is 0 Å². The second kappa shape index (κ2) is 3.74. The minimum Gasteiger partial charge on any atom is -0.299 e. The highest BCUT2D eigenvalue weighted by Gasteiger charge is 2.64. The molecule has 0 saturated heterocycles. The lowest BCUT2D eigenvalue weighted by Crippen LogP contribution is -2.53. The van der Waals surface area contributed by atoms with Gasteiger partial charge in [0.2, 0.25) is 0 Å². The Morgan fingerprint density at radius 3 is 2.95 bits per heavy atom. The van der Waals surface area contributed by atoms with Crippen LogP contribution in [0.3, 0.4) is 0 Å². The van der Waals surface area contributed by atoms with E-state index in [-0.39, 0.29) is 0 Å². The molecular formula is C18H26O. The van der Waals surface area contributed by atoms with Crippen LogP contribution in [0.4, 0.5) is 0 Å². The van der Waals surface area contributed by atoms with Crippen LogP contribution in [0.15, 0.2) is 11.6 Å². The second-order valence-corrected chi connectivity index (χ2v) is 7.99. The number of Topliss-reactive ketones (excluding diaryl/α,β-unsaturated/α-hetero) is 1. The lowest BCUT2D eigenvalue weighted by molar-refractivity contribution is -0.131. The van der Waals surface area contributed by atoms with Crippen molar-refractivity contribution in [2.75, 3.05) is 0 Å². The number of carbonyl (C=O) groups excluding carboxylic acids is 1. The standard InChI is InChI=1S/C18H26O/c1-12-4-3-8-17(2)15(12)6-5-14-10-13-11-18(14,17)9-7-16(13)19/h4,13-15H,3,5-11H2,1-2H3/t13-,14-,15-,17-,18+/m0/s1. The first-order valence-corrected chi connectivity index (χ1v) is 8.26. The average Bonchev–Trinajstić information content (AvgIpc) is 2.71. The van der Waals surface area contributed by atoms with Crippen molar-refractivity contribution >= 4 is 5.78 Å². The van der Waals surface area contributed by atoms with Gasteiger partial charge in [-0.05, 0) is 74.5 Å². The molecule has 0 N–H and O–H groups in total. The molecule has 3 fully saturated rings. The van der Waals surface area contributed by atoms with Crippen LogP contribution in [-0.4, -0.2) is 5.78 Å². The molecule has 3 saturated carbocycles. The molecule has 1 spiro atoms. The van der Waals surface area contributed by atoms with Crippen molar-refractivity contribution in [1.29, 1.82) is 0 Å². The topological polar surface area (TPSA) is 17.1 Å². The summed E-state index contributed by atoms with van der Waals surface area (Å²) in [5.41, 5.74) is 2.66. The van der Waals surface area contributed by atoms with Crippen LogP contribution in [-0.2, 0) is 4.79 Å². The normalized spacial score (nSPS) is 52.4. The minimum atomic E-state index is 0.431. The van der Waals surface area contributed by atoms with E-state index in [1.54, 1.807) is 5.57 Å². The second-order valence-electron chi connectivity index (χ2n) is 7.99. The number of allylic oxidation sites excluding steroid dienone is 2. The molecule has 0 aromatic rings. The molecule has 4 rings (SSSR count). The molecule has 0 aromatic heterocycles. The fourth-order valence-corrected chi connectivity index (χ4v) is 6.67. The largest absolute Gasteiger partial charge is 0.299 e. The van der Waals surface area contributed by atoms with E-state index in [0.717, 1.165) is 18.3 Å². The van der Waals surface area contributed by atoms with E-state index in [2.05, 4.69) is 19.9 Å². The maximum Gasteiger partial charge on any atom is 0.136 e. The molecule has 0 heterocycles. The van der Waals surface area contributed by atoms with E-state index in [4.69, 9.17) is 0 Å². The van der Waals surface area contributed by atoms with Gasteiger partial charge in [0.05, 0.1) is 0 Å². The molecule has 2 bridgehead atoms. The van der Waals surface area contributed by atoms with Gasteiger partial charge in [-0.25, -0.2) is 0 Å². The summed E-state index contributed by atoms with van der Waals surface area (Å²) in [6.45, 7) is 4.94. The van der Waals surface area contributed by atoms with Crippen molar-refractivity contribution in [2.45, 2.75) is 65.2 Å². The van der Waals surface area contributed by atoms with Crippen LogP contribution in [0.2, 0.25) is 0 Å². The quantitative estimate of drug-likeness (QED) is 0.584. The van der Waals surface area contributed by atoms with Gasteiger partial charge in [-0.1, -0.05) is 18.6 Å². The van der Waals surface area contributed by atoms with E-state index >= 15 is 0 Å². The van der Waals surface area contributed by atoms with Gasteiger partial charge in [0, 0.05) is 12.3 Å². The Morgan fingerprint density at radius 2 is 2.11 bits per heavy atom. The third-order valence-electron chi connectivity index (χ3n) is 7.62. The smallest absolute Gasteiger partial charge is 0.136 e. The molecule has 104 valence electrons. The highest BCUT2D eigenvalue weighted by atomic mass is 16.1. The van der Waals surface area contributed by atoms with Crippen LogP contribution in [0.1, 0.15) is 65.2 Å². The molecule has 0 radical (unpaired) electrons. The Bertz CT molecular complexity index is 462. The Kier molecular flexibility index (Phi) is 2.40. The summed E-state index contributed by atoms with van der Waals surface area (Å²) >= 11 is 0. The van der Waals surface area contributed by atoms with Crippen molar-refractivity contribution in [3.63, 3.8) is 0 Å². The van der Waals surface area contributed by atoms with Gasteiger partial charge < -0.3 is 0 Å². The van der Waals surface area contributed by atoms with Crippen LogP contribution >= 0.6 is 0 Å². The zero-order valence-electron chi connectivity index (χ0n) is 12.4. The van der Waals surface area contributed by atoms with Gasteiger partial charge in [0.15, 0.2) is 0 Å². The Morgan fingerprint density at radius 1 is 1.26 bits per heavy atom. The van der Waals surface area contributed by atoms with Gasteiger partial charge in [-0.3, -0.25) is 4.79 Å². The number of ketones is 1. The van der Waals surface area contributed by atoms with Crippen LogP contribution in [0.25, 0.3) is 0 Å². The molecule has 5 atom stereocenters. The fourth-order valence-electron chi connectivity index (χ4n) is 6.67. The monoisotopic (exact) mass is 258 g/mol. The van der Waals surface area contributed by atoms with Crippen LogP contribution in [0.5, 0.6) is 0 Å². The number of fused-ring (bicyclic) bond motifs is 2. The maximum atomic E-state index is 12.1. The Balaban J connectivity index is 1.80. The summed E-state index contributed by atoms with van der Waals surface area (Å²) in [5.74, 6) is 2.68. The van der Waals surface area contributed by atoms with Crippen molar-refractivity contribution in [3.05, 3.63) is 11.6 Å². The summed E-state index contributed by atoms with van der Waals surface area (Å²) in [7, 11) is 0. The molecule has 4 aliphatic carbocycles. The number of carbonyl (C=O) groups is 1. The predicted octanol–water partition coefficient (Wildman–Crippen LogP) is 4.52. The van der Waals surface area contributed by atoms with Gasteiger partial charge in [-0.15, -0.1) is 0 Å². The van der Waals surface area contributed by atoms with Gasteiger partial charge in [0.1, 0.15) is 5.78 Å². The lowest BCUT2D eigenvalue weighted by Gasteiger charge is -2.60. The summed E-state index contributed by atoms with van der Waals surface area (Å²) in [6, 6.07) is 0. The highest BCUT2D eigenvalue weighted by Crippen LogP contribution is 2.71. The van der Waals surface area contributed by atoms with E-state index in [0.29, 0.717) is 22.5 Å². The maximum absolute atomic E-state index is 12.1. The molecule has 0 aromatic carbocycles. The Labute approximate surface area is 116 Å². The molecule has 0 amide bonds. The summed E-state index contributed by atoms with van der Waals surface area (Å²) in [6.07, 6.45) is 12.4. The number of hydrogen-bond acceptors (Lipinski definition) is 1. The zero-order chi connectivity index (χ0) is 13.3. The summed E-state index contributed by atoms with van der Waals surface area (Å²) in [4.78, 5) is 12.1. The summed E-state index contributed by atoms with van der Waals surface area (Å²) in [5, 5.41) is 0. The van der Waals surface area contributed by atoms with Gasteiger partial charge in [0.25, 0.3) is 0 Å². The first-order chi connectivity index (χ1) is 9.07. The average molecular weight is 258 g/mol. The van der Waals surface area contributed by atoms with Crippen molar-refractivity contribution < 1.29 is 4.79 Å². The van der Waals surface area contributed by atoms with E-state index in [9.17, 15) is 4.79 Å². The summed E-state index contributed by atoms with van der Waals surface area (Å²) < 4.78 is 0. The van der Waals surface area contributed by atoms with Crippen molar-refractivity contribution in [1.82, 2.24) is 0 Å². The molecule has 1 heteroatoms. The molecular weight excluding hydrogens is 232 g/mol. The molecule has 0 unspecified atom stereocenters. The molecule has 1 nitrogen and oxygen atoms in total. The van der Waals surface area contributed by atoms with Crippen molar-refractivity contribution in [2.24, 2.45) is 28.6 Å². The fraction of sp³-hybridized carbons (Fsp3) is 0.833. The molecule has 19 heavy (non-hydrogen) atoms. The predicted molar refractivity (Wildman–Crippen MR) is 76.7 cm³/mol. The number of hydrogen-bond donors (Lipinski definition) is 0. The lowest BCUT2D eigenvalue weighted by atomic mass is 9.44. The molecule has 4 aliphatic rings. The third kappa shape index (κ3) is 1.35. The van der Waals surface area contributed by atoms with Crippen LogP contribution in [0, 0.1) is 28.6 Å². The minimum absolute atomic E-state index is 0.431.